The van der Waals surface area contributed by atoms with E-state index in [-0.39, 0.29) is 12.5 Å². The summed E-state index contributed by atoms with van der Waals surface area (Å²) < 4.78 is 0. The van der Waals surface area contributed by atoms with Crippen molar-refractivity contribution in [3.8, 4) is 0 Å². The molecule has 4 N–H and O–H groups in total. The number of carbonyl (C=O) groups is 3. The Morgan fingerprint density at radius 1 is 1.18 bits per heavy atom. The highest BCUT2D eigenvalue weighted by Crippen LogP contribution is 1.96. The molecule has 98 valence electrons. The smallest absolute Gasteiger partial charge is 0.326 e. The molecule has 1 atom stereocenters. The minimum Gasteiger partial charge on any atom is -0.480 e. The number of rotatable bonds is 7. The predicted octanol–water partition coefficient (Wildman–Crippen LogP) is -0.325. The summed E-state index contributed by atoms with van der Waals surface area (Å²) in [6.07, 6.45) is 0.997. The number of urea groups is 1. The molecule has 0 saturated heterocycles. The Hall–Kier alpha value is -1.79. The summed E-state index contributed by atoms with van der Waals surface area (Å²) in [7, 11) is 0. The van der Waals surface area contributed by atoms with Crippen LogP contribution in [0.2, 0.25) is 0 Å². The van der Waals surface area contributed by atoms with Gasteiger partial charge in [0.2, 0.25) is 5.91 Å². The molecule has 0 aliphatic heterocycles. The Balaban J connectivity index is 3.98. The molecular weight excluding hydrogens is 226 g/mol. The molecule has 0 aromatic rings. The molecule has 17 heavy (non-hydrogen) atoms. The van der Waals surface area contributed by atoms with Crippen molar-refractivity contribution in [3.63, 3.8) is 0 Å². The van der Waals surface area contributed by atoms with Crippen molar-refractivity contribution < 1.29 is 19.5 Å². The largest absolute Gasteiger partial charge is 0.480 e. The number of carboxylic acid groups (broad SMARTS) is 1. The van der Waals surface area contributed by atoms with E-state index in [1.165, 1.54) is 0 Å². The van der Waals surface area contributed by atoms with Gasteiger partial charge in [-0.1, -0.05) is 13.3 Å². The van der Waals surface area contributed by atoms with Crippen LogP contribution in [-0.4, -0.2) is 42.1 Å². The highest BCUT2D eigenvalue weighted by molar-refractivity contribution is 5.86. The summed E-state index contributed by atoms with van der Waals surface area (Å²) >= 11 is 0. The van der Waals surface area contributed by atoms with Crippen LogP contribution in [0.25, 0.3) is 0 Å². The Labute approximate surface area is 100.0 Å². The van der Waals surface area contributed by atoms with Crippen molar-refractivity contribution in [2.45, 2.75) is 32.7 Å². The third-order valence-electron chi connectivity index (χ3n) is 1.96. The Morgan fingerprint density at radius 2 is 1.82 bits per heavy atom. The van der Waals surface area contributed by atoms with Crippen LogP contribution in [0.4, 0.5) is 4.79 Å². The van der Waals surface area contributed by atoms with Gasteiger partial charge in [-0.15, -0.1) is 0 Å². The predicted molar refractivity (Wildman–Crippen MR) is 61.5 cm³/mol. The van der Waals surface area contributed by atoms with E-state index in [1.54, 1.807) is 6.92 Å². The van der Waals surface area contributed by atoms with Crippen LogP contribution in [0.15, 0.2) is 0 Å². The third-order valence-corrected chi connectivity index (χ3v) is 1.96. The average molecular weight is 245 g/mol. The van der Waals surface area contributed by atoms with Crippen LogP contribution < -0.4 is 16.0 Å². The van der Waals surface area contributed by atoms with E-state index in [9.17, 15) is 14.4 Å². The Kier molecular flexibility index (Phi) is 7.49. The summed E-state index contributed by atoms with van der Waals surface area (Å²) in [5.74, 6) is -1.40. The monoisotopic (exact) mass is 245 g/mol. The summed E-state index contributed by atoms with van der Waals surface area (Å²) in [4.78, 5) is 33.0. The van der Waals surface area contributed by atoms with Gasteiger partial charge >= 0.3 is 12.0 Å². The lowest BCUT2D eigenvalue weighted by Gasteiger charge is -2.14. The van der Waals surface area contributed by atoms with E-state index in [0.29, 0.717) is 19.4 Å². The lowest BCUT2D eigenvalue weighted by atomic mass is 10.2. The molecule has 7 nitrogen and oxygen atoms in total. The zero-order valence-corrected chi connectivity index (χ0v) is 10.1. The van der Waals surface area contributed by atoms with Crippen LogP contribution >= 0.6 is 0 Å². The molecule has 7 heteroatoms. The molecule has 0 aliphatic carbocycles. The third kappa shape index (κ3) is 7.15. The molecular formula is C10H19N3O4. The maximum Gasteiger partial charge on any atom is 0.326 e. The minimum atomic E-state index is -1.08. The molecule has 0 bridgehead atoms. The average Bonchev–Trinajstić information content (AvgIpc) is 2.26. The second-order valence-electron chi connectivity index (χ2n) is 3.46. The molecule has 0 aromatic heterocycles. The second-order valence-corrected chi connectivity index (χ2v) is 3.46. The van der Waals surface area contributed by atoms with Crippen LogP contribution in [0, 0.1) is 0 Å². The number of carbonyl (C=O) groups excluding carboxylic acids is 2. The number of hydrogen-bond donors (Lipinski definition) is 4. The number of likely N-dealkylation sites (N-methyl/N-ethyl adjacent to an activating group) is 1. The van der Waals surface area contributed by atoms with Crippen molar-refractivity contribution in [1.82, 2.24) is 16.0 Å². The SMILES string of the molecule is CCC[C@H](NC(=O)NCC(=O)NCC)C(=O)O. The minimum absolute atomic E-state index is 0.169. The molecule has 0 fully saturated rings. The highest BCUT2D eigenvalue weighted by atomic mass is 16.4. The van der Waals surface area contributed by atoms with Gasteiger partial charge in [0.25, 0.3) is 0 Å². The summed E-state index contributed by atoms with van der Waals surface area (Å²) in [6.45, 7) is 3.90. The zero-order valence-electron chi connectivity index (χ0n) is 10.1. The molecule has 0 rings (SSSR count). The summed E-state index contributed by atoms with van der Waals surface area (Å²) in [6, 6.07) is -1.58. The lowest BCUT2D eigenvalue weighted by Crippen LogP contribution is -2.48. The molecule has 0 spiro atoms. The topological polar surface area (TPSA) is 108 Å². The van der Waals surface area contributed by atoms with Crippen molar-refractivity contribution in [1.29, 1.82) is 0 Å². The van der Waals surface area contributed by atoms with Crippen LogP contribution in [0.5, 0.6) is 0 Å². The molecule has 0 saturated carbocycles. The fourth-order valence-electron chi connectivity index (χ4n) is 1.18. The van der Waals surface area contributed by atoms with Crippen molar-refractivity contribution in [2.24, 2.45) is 0 Å². The molecule has 0 aliphatic rings. The van der Waals surface area contributed by atoms with Gasteiger partial charge in [0.15, 0.2) is 0 Å². The molecule has 0 heterocycles. The van der Waals surface area contributed by atoms with Crippen LogP contribution in [0.1, 0.15) is 26.7 Å². The molecule has 3 amide bonds. The van der Waals surface area contributed by atoms with E-state index in [1.807, 2.05) is 6.92 Å². The van der Waals surface area contributed by atoms with E-state index in [2.05, 4.69) is 16.0 Å². The molecule has 0 radical (unpaired) electrons. The van der Waals surface area contributed by atoms with E-state index >= 15 is 0 Å². The maximum absolute atomic E-state index is 11.3. The first-order chi connectivity index (χ1) is 8.01. The standard InChI is InChI=1S/C10H19N3O4/c1-3-5-7(9(15)16)13-10(17)12-6-8(14)11-4-2/h7H,3-6H2,1-2H3,(H,11,14)(H,15,16)(H2,12,13,17)/t7-/m0/s1. The number of carboxylic acids is 1. The van der Waals surface area contributed by atoms with Crippen molar-refractivity contribution >= 4 is 17.9 Å². The molecule has 0 aromatic carbocycles. The number of amides is 3. The van der Waals surface area contributed by atoms with Gasteiger partial charge in [-0.25, -0.2) is 9.59 Å². The van der Waals surface area contributed by atoms with Crippen LogP contribution in [-0.2, 0) is 9.59 Å². The Morgan fingerprint density at radius 3 is 2.29 bits per heavy atom. The number of nitrogens with one attached hydrogen (secondary N) is 3. The van der Waals surface area contributed by atoms with Crippen LogP contribution in [0.3, 0.4) is 0 Å². The van der Waals surface area contributed by atoms with Gasteiger partial charge in [0, 0.05) is 6.54 Å². The first-order valence-electron chi connectivity index (χ1n) is 5.55. The van der Waals surface area contributed by atoms with Gasteiger partial charge in [0.1, 0.15) is 6.04 Å². The lowest BCUT2D eigenvalue weighted by molar-refractivity contribution is -0.139. The van der Waals surface area contributed by atoms with Crippen molar-refractivity contribution in [3.05, 3.63) is 0 Å². The van der Waals surface area contributed by atoms with Crippen molar-refractivity contribution in [2.75, 3.05) is 13.1 Å². The van der Waals surface area contributed by atoms with E-state index < -0.39 is 18.0 Å². The summed E-state index contributed by atoms with van der Waals surface area (Å²) in [5, 5.41) is 15.9. The van der Waals surface area contributed by atoms with Gasteiger partial charge < -0.3 is 21.1 Å². The van der Waals surface area contributed by atoms with Gasteiger partial charge in [-0.05, 0) is 13.3 Å². The number of hydrogen-bond acceptors (Lipinski definition) is 3. The molecule has 0 unspecified atom stereocenters. The first kappa shape index (κ1) is 15.2. The van der Waals surface area contributed by atoms with Gasteiger partial charge in [-0.3, -0.25) is 4.79 Å². The second kappa shape index (κ2) is 8.37. The quantitative estimate of drug-likeness (QED) is 0.492. The fraction of sp³-hybridized carbons (Fsp3) is 0.700. The fourth-order valence-corrected chi connectivity index (χ4v) is 1.18. The maximum atomic E-state index is 11.3. The first-order valence-corrected chi connectivity index (χ1v) is 5.55. The summed E-state index contributed by atoms with van der Waals surface area (Å²) in [5.41, 5.74) is 0. The van der Waals surface area contributed by atoms with E-state index in [4.69, 9.17) is 5.11 Å². The highest BCUT2D eigenvalue weighted by Gasteiger charge is 2.18. The Bertz CT molecular complexity index is 281. The normalized spacial score (nSPS) is 11.4. The number of aliphatic carboxylic acids is 1. The van der Waals surface area contributed by atoms with Gasteiger partial charge in [0.05, 0.1) is 6.54 Å². The van der Waals surface area contributed by atoms with E-state index in [0.717, 1.165) is 0 Å². The van der Waals surface area contributed by atoms with Gasteiger partial charge in [-0.2, -0.15) is 0 Å². The zero-order chi connectivity index (χ0) is 13.3.